The van der Waals surface area contributed by atoms with Gasteiger partial charge in [-0.2, -0.15) is 0 Å². The number of rotatable bonds is 4. The van der Waals surface area contributed by atoms with Crippen LogP contribution in [-0.2, 0) is 11.3 Å². The van der Waals surface area contributed by atoms with Crippen LogP contribution in [0.15, 0.2) is 24.3 Å². The Morgan fingerprint density at radius 3 is 2.50 bits per heavy atom. The van der Waals surface area contributed by atoms with Gasteiger partial charge in [-0.3, -0.25) is 4.79 Å². The third-order valence-electron chi connectivity index (χ3n) is 2.10. The van der Waals surface area contributed by atoms with E-state index in [0.29, 0.717) is 11.7 Å². The van der Waals surface area contributed by atoms with Crippen LogP contribution in [0.2, 0.25) is 0 Å². The number of nitrogens with zero attached hydrogens (tertiary/aromatic N) is 2. The molecule has 2 aromatic rings. The summed E-state index contributed by atoms with van der Waals surface area (Å²) in [5.74, 6) is -0.0904. The Hall–Kier alpha value is -1.99. The zero-order valence-corrected chi connectivity index (χ0v) is 10.6. The van der Waals surface area contributed by atoms with Crippen LogP contribution >= 0.6 is 11.3 Å². The SMILES string of the molecule is CC(=O)Nc1ccc(Nc2nnc(CN)s2)cc1. The van der Waals surface area contributed by atoms with Crippen molar-refractivity contribution in [3.63, 3.8) is 0 Å². The van der Waals surface area contributed by atoms with E-state index in [1.165, 1.54) is 18.3 Å². The molecule has 0 atom stereocenters. The lowest BCUT2D eigenvalue weighted by Gasteiger charge is -2.04. The topological polar surface area (TPSA) is 92.9 Å². The number of carbonyl (C=O) groups is 1. The molecule has 1 aromatic carbocycles. The maximum Gasteiger partial charge on any atom is 0.221 e. The number of carbonyl (C=O) groups excluding carboxylic acids is 1. The van der Waals surface area contributed by atoms with Crippen LogP contribution in [0.3, 0.4) is 0 Å². The Kier molecular flexibility index (Phi) is 3.85. The number of hydrogen-bond donors (Lipinski definition) is 3. The molecule has 0 bridgehead atoms. The van der Waals surface area contributed by atoms with E-state index in [4.69, 9.17) is 5.73 Å². The van der Waals surface area contributed by atoms with Crippen LogP contribution in [0.1, 0.15) is 11.9 Å². The van der Waals surface area contributed by atoms with Crippen molar-refractivity contribution in [1.29, 1.82) is 0 Å². The summed E-state index contributed by atoms with van der Waals surface area (Å²) in [6, 6.07) is 7.34. The smallest absolute Gasteiger partial charge is 0.221 e. The van der Waals surface area contributed by atoms with Gasteiger partial charge in [-0.05, 0) is 24.3 Å². The third-order valence-corrected chi connectivity index (χ3v) is 2.96. The van der Waals surface area contributed by atoms with Gasteiger partial charge >= 0.3 is 0 Å². The van der Waals surface area contributed by atoms with Gasteiger partial charge in [0.25, 0.3) is 0 Å². The van der Waals surface area contributed by atoms with E-state index in [-0.39, 0.29) is 5.91 Å². The van der Waals surface area contributed by atoms with Gasteiger partial charge < -0.3 is 16.4 Å². The number of nitrogens with one attached hydrogen (secondary N) is 2. The molecule has 0 saturated heterocycles. The van der Waals surface area contributed by atoms with Gasteiger partial charge in [-0.25, -0.2) is 0 Å². The molecule has 0 aliphatic carbocycles. The van der Waals surface area contributed by atoms with Crippen molar-refractivity contribution in [2.24, 2.45) is 5.73 Å². The first-order valence-electron chi connectivity index (χ1n) is 5.34. The largest absolute Gasteiger partial charge is 0.330 e. The van der Waals surface area contributed by atoms with E-state index in [1.807, 2.05) is 24.3 Å². The highest BCUT2D eigenvalue weighted by Gasteiger charge is 2.03. The molecule has 4 N–H and O–H groups in total. The van der Waals surface area contributed by atoms with Gasteiger partial charge in [0.05, 0.1) is 0 Å². The number of anilines is 3. The Morgan fingerprint density at radius 1 is 1.28 bits per heavy atom. The Bertz CT molecular complexity index is 537. The van der Waals surface area contributed by atoms with Crippen LogP contribution in [0.4, 0.5) is 16.5 Å². The second kappa shape index (κ2) is 5.56. The lowest BCUT2D eigenvalue weighted by Crippen LogP contribution is -2.05. The first-order valence-corrected chi connectivity index (χ1v) is 6.16. The summed E-state index contributed by atoms with van der Waals surface area (Å²) in [7, 11) is 0. The van der Waals surface area contributed by atoms with Crippen molar-refractivity contribution >= 4 is 33.8 Å². The molecular formula is C11H13N5OS. The second-order valence-electron chi connectivity index (χ2n) is 3.59. The highest BCUT2D eigenvalue weighted by atomic mass is 32.1. The number of benzene rings is 1. The predicted molar refractivity (Wildman–Crippen MR) is 71.8 cm³/mol. The third kappa shape index (κ3) is 3.25. The lowest BCUT2D eigenvalue weighted by molar-refractivity contribution is -0.114. The fourth-order valence-corrected chi connectivity index (χ4v) is 1.99. The zero-order valence-electron chi connectivity index (χ0n) is 9.80. The number of nitrogens with two attached hydrogens (primary N) is 1. The fourth-order valence-electron chi connectivity index (χ4n) is 1.35. The quantitative estimate of drug-likeness (QED) is 0.780. The van der Waals surface area contributed by atoms with Crippen molar-refractivity contribution < 1.29 is 4.79 Å². The molecule has 0 unspecified atom stereocenters. The molecule has 0 saturated carbocycles. The Morgan fingerprint density at radius 2 is 1.94 bits per heavy atom. The summed E-state index contributed by atoms with van der Waals surface area (Å²) in [4.78, 5) is 10.9. The minimum atomic E-state index is -0.0904. The number of amides is 1. The second-order valence-corrected chi connectivity index (χ2v) is 4.65. The molecule has 6 nitrogen and oxygen atoms in total. The monoisotopic (exact) mass is 263 g/mol. The Balaban J connectivity index is 2.03. The van der Waals surface area contributed by atoms with Crippen molar-refractivity contribution in [3.8, 4) is 0 Å². The van der Waals surface area contributed by atoms with Crippen molar-refractivity contribution in [2.45, 2.75) is 13.5 Å². The zero-order chi connectivity index (χ0) is 13.0. The maximum absolute atomic E-state index is 10.9. The van der Waals surface area contributed by atoms with Gasteiger partial charge in [0.2, 0.25) is 11.0 Å². The van der Waals surface area contributed by atoms with E-state index in [9.17, 15) is 4.79 Å². The molecule has 2 rings (SSSR count). The molecule has 1 amide bonds. The summed E-state index contributed by atoms with van der Waals surface area (Å²) in [5, 5.41) is 15.2. The average Bonchev–Trinajstić information content (AvgIpc) is 2.79. The van der Waals surface area contributed by atoms with Crippen LogP contribution < -0.4 is 16.4 Å². The molecule has 1 aromatic heterocycles. The summed E-state index contributed by atoms with van der Waals surface area (Å²) >= 11 is 1.41. The van der Waals surface area contributed by atoms with Crippen LogP contribution in [0.25, 0.3) is 0 Å². The summed E-state index contributed by atoms with van der Waals surface area (Å²) < 4.78 is 0. The molecule has 0 fully saturated rings. The molecule has 0 aliphatic heterocycles. The molecule has 0 radical (unpaired) electrons. The van der Waals surface area contributed by atoms with Crippen molar-refractivity contribution in [3.05, 3.63) is 29.3 Å². The summed E-state index contributed by atoms with van der Waals surface area (Å²) in [6.07, 6.45) is 0. The van der Waals surface area contributed by atoms with Gasteiger partial charge in [0.15, 0.2) is 0 Å². The molecule has 94 valence electrons. The van der Waals surface area contributed by atoms with Crippen LogP contribution in [-0.4, -0.2) is 16.1 Å². The number of hydrogen-bond acceptors (Lipinski definition) is 6. The van der Waals surface area contributed by atoms with Gasteiger partial charge in [0, 0.05) is 24.8 Å². The normalized spacial score (nSPS) is 10.1. The van der Waals surface area contributed by atoms with Gasteiger partial charge in [-0.1, -0.05) is 11.3 Å². The predicted octanol–water partition coefficient (Wildman–Crippen LogP) is 1.70. The van der Waals surface area contributed by atoms with E-state index >= 15 is 0 Å². The molecule has 7 heteroatoms. The van der Waals surface area contributed by atoms with Gasteiger partial charge in [-0.15, -0.1) is 10.2 Å². The highest BCUT2D eigenvalue weighted by molar-refractivity contribution is 7.15. The van der Waals surface area contributed by atoms with Crippen molar-refractivity contribution in [1.82, 2.24) is 10.2 Å². The van der Waals surface area contributed by atoms with Crippen molar-refractivity contribution in [2.75, 3.05) is 10.6 Å². The molecule has 0 aliphatic rings. The first kappa shape index (κ1) is 12.5. The first-order chi connectivity index (χ1) is 8.67. The summed E-state index contributed by atoms with van der Waals surface area (Å²) in [5.41, 5.74) is 7.10. The highest BCUT2D eigenvalue weighted by Crippen LogP contribution is 2.21. The molecular weight excluding hydrogens is 250 g/mol. The maximum atomic E-state index is 10.9. The standard InChI is InChI=1S/C11H13N5OS/c1-7(17)13-8-2-4-9(5-3-8)14-11-16-15-10(6-12)18-11/h2-5H,6,12H2,1H3,(H,13,17)(H,14,16). The molecule has 0 spiro atoms. The van der Waals surface area contributed by atoms with E-state index in [2.05, 4.69) is 20.8 Å². The molecule has 18 heavy (non-hydrogen) atoms. The minimum Gasteiger partial charge on any atom is -0.330 e. The molecule has 1 heterocycles. The fraction of sp³-hybridized carbons (Fsp3) is 0.182. The van der Waals surface area contributed by atoms with E-state index in [1.54, 1.807) is 0 Å². The van der Waals surface area contributed by atoms with E-state index in [0.717, 1.165) is 16.4 Å². The average molecular weight is 263 g/mol. The Labute approximate surface area is 108 Å². The van der Waals surface area contributed by atoms with Crippen LogP contribution in [0, 0.1) is 0 Å². The minimum absolute atomic E-state index is 0.0904. The lowest BCUT2D eigenvalue weighted by atomic mass is 10.3. The summed E-state index contributed by atoms with van der Waals surface area (Å²) in [6.45, 7) is 1.86. The van der Waals surface area contributed by atoms with Gasteiger partial charge in [0.1, 0.15) is 5.01 Å². The van der Waals surface area contributed by atoms with E-state index < -0.39 is 0 Å². The van der Waals surface area contributed by atoms with Crippen LogP contribution in [0.5, 0.6) is 0 Å². The number of aromatic nitrogens is 2.